The van der Waals surface area contributed by atoms with Crippen molar-refractivity contribution < 1.29 is 38.2 Å². The van der Waals surface area contributed by atoms with Crippen molar-refractivity contribution in [3.05, 3.63) is 80.2 Å². The number of piperidine rings is 1. The Morgan fingerprint density at radius 1 is 0.966 bits per heavy atom. The van der Waals surface area contributed by atoms with E-state index in [9.17, 15) is 28.8 Å². The minimum Gasteiger partial charge on any atom is -0.483 e. The number of unbranched alkanes of at least 4 members (excludes halogenated alkanes) is 5. The van der Waals surface area contributed by atoms with E-state index in [1.165, 1.54) is 18.2 Å². The number of fused-ring (bicyclic) bond motifs is 4. The number of carbonyl (C=O) groups excluding carboxylic acids is 6. The van der Waals surface area contributed by atoms with E-state index in [-0.39, 0.29) is 48.2 Å². The Bertz CT molecular complexity index is 2300. The van der Waals surface area contributed by atoms with Crippen LogP contribution in [-0.4, -0.2) is 86.7 Å². The van der Waals surface area contributed by atoms with E-state index >= 15 is 0 Å². The van der Waals surface area contributed by atoms with Crippen molar-refractivity contribution in [3.8, 4) is 10.8 Å². The number of rotatable bonds is 15. The third-order valence-electron chi connectivity index (χ3n) is 10.8. The number of alkyl carbamates (subject to hydrolysis) is 1. The fourth-order valence-corrected chi connectivity index (χ4v) is 8.96. The van der Waals surface area contributed by atoms with Crippen molar-refractivity contribution in [3.63, 3.8) is 0 Å². The summed E-state index contributed by atoms with van der Waals surface area (Å²) in [6, 6.07) is 3.40. The number of ether oxygens (including phenoxy) is 2. The van der Waals surface area contributed by atoms with Crippen LogP contribution in [0.2, 0.25) is 0 Å². The second-order valence-electron chi connectivity index (χ2n) is 14.8. The Hall–Kier alpha value is -5.68. The zero-order valence-electron chi connectivity index (χ0n) is 33.0. The van der Waals surface area contributed by atoms with Gasteiger partial charge in [0.1, 0.15) is 22.6 Å². The van der Waals surface area contributed by atoms with Gasteiger partial charge >= 0.3 is 6.09 Å². The molecule has 1 saturated heterocycles. The fourth-order valence-electron chi connectivity index (χ4n) is 7.58. The number of imide groups is 2. The monoisotopic (exact) mass is 844 g/mol. The summed E-state index contributed by atoms with van der Waals surface area (Å²) in [5.74, 6) is -1.75. The van der Waals surface area contributed by atoms with E-state index in [0.717, 1.165) is 70.1 Å². The average molecular weight is 845 g/mol. The molecule has 16 nitrogen and oxygen atoms in total. The Labute approximate surface area is 349 Å². The number of allylic oxidation sites excluding steroid dienone is 4. The molecule has 3 N–H and O–H groups in total. The van der Waals surface area contributed by atoms with Gasteiger partial charge in [-0.3, -0.25) is 38.8 Å². The predicted octanol–water partition coefficient (Wildman–Crippen LogP) is 5.42. The van der Waals surface area contributed by atoms with Gasteiger partial charge in [-0.05, 0) is 70.2 Å². The lowest BCUT2D eigenvalue weighted by atomic mass is 9.89. The maximum Gasteiger partial charge on any atom is 0.409 e. The minimum atomic E-state index is -1.10. The summed E-state index contributed by atoms with van der Waals surface area (Å²) in [7, 11) is 0. The number of nitrogens with zero attached hydrogens (tertiary/aromatic N) is 5. The number of benzene rings is 1. The van der Waals surface area contributed by atoms with Gasteiger partial charge in [0, 0.05) is 40.9 Å². The molecule has 3 aromatic rings. The maximum absolute atomic E-state index is 13.2. The minimum absolute atomic E-state index is 0.00954. The molecule has 0 bridgehead atoms. The molecule has 6 amide bonds. The van der Waals surface area contributed by atoms with Gasteiger partial charge in [-0.1, -0.05) is 55.5 Å². The smallest absolute Gasteiger partial charge is 0.409 e. The van der Waals surface area contributed by atoms with Crippen LogP contribution in [0, 0.1) is 26.7 Å². The first-order valence-corrected chi connectivity index (χ1v) is 20.9. The number of thiophene rings is 1. The highest BCUT2D eigenvalue weighted by Crippen LogP contribution is 2.40. The summed E-state index contributed by atoms with van der Waals surface area (Å²) in [6.07, 6.45) is 10.2. The lowest BCUT2D eigenvalue weighted by molar-refractivity contribution is -0.136. The van der Waals surface area contributed by atoms with E-state index in [0.29, 0.717) is 36.2 Å². The molecule has 5 heterocycles. The summed E-state index contributed by atoms with van der Waals surface area (Å²) in [6.45, 7) is 6.55. The summed E-state index contributed by atoms with van der Waals surface area (Å²) in [5.41, 5.74) is 3.01. The molecule has 3 atom stereocenters. The normalized spacial score (nSPS) is 19.6. The molecule has 7 rings (SSSR count). The number of halogens is 1. The molecule has 1 aliphatic carbocycles. The van der Waals surface area contributed by atoms with Gasteiger partial charge in [0.25, 0.3) is 23.9 Å². The van der Waals surface area contributed by atoms with E-state index in [1.54, 1.807) is 11.3 Å². The third kappa shape index (κ3) is 8.85. The molecule has 2 unspecified atom stereocenters. The van der Waals surface area contributed by atoms with E-state index in [2.05, 4.69) is 40.0 Å². The van der Waals surface area contributed by atoms with Gasteiger partial charge in [-0.25, -0.2) is 9.79 Å². The number of aryl methyl sites for hydroxylation is 2. The van der Waals surface area contributed by atoms with Crippen LogP contribution in [0.15, 0.2) is 46.5 Å². The average Bonchev–Trinajstić information content (AvgIpc) is 3.79. The first-order chi connectivity index (χ1) is 28.4. The predicted molar refractivity (Wildman–Crippen MR) is 218 cm³/mol. The van der Waals surface area contributed by atoms with E-state index in [4.69, 9.17) is 26.1 Å². The van der Waals surface area contributed by atoms with Crippen molar-refractivity contribution in [2.45, 2.75) is 90.8 Å². The number of carbonyl (C=O) groups is 6. The fraction of sp³-hybridized carbons (Fsp3) is 0.439. The zero-order chi connectivity index (χ0) is 41.8. The van der Waals surface area contributed by atoms with Crippen LogP contribution in [-0.2, 0) is 19.1 Å². The molecule has 18 heteroatoms. The standard InChI is InChI=1S/C41H45ClN8O8S/c1-22-23(2)59-40-32(22)34(25-13-15-26(42)16-14-25)46-37(35-48-47-24(3)49(35)40)58-41(56)44-20-9-7-5-4-6-8-19-43-31(52)21-57-29-12-10-11-27-33(29)39(55)50(38(27)54)28-17-18-30(51)45-36(28)53/h10-13,15-16,25,28,37H,4-9,14,17-21H2,1-3H3,(H,43,52)(H,44,56)(H,45,51,53)/t25?,28?,37-/m0/s1. The highest BCUT2D eigenvalue weighted by molar-refractivity contribution is 7.15. The number of aromatic nitrogens is 3. The van der Waals surface area contributed by atoms with E-state index in [1.807, 2.05) is 29.7 Å². The molecule has 0 saturated carbocycles. The quantitative estimate of drug-likeness (QED) is 0.131. The lowest BCUT2D eigenvalue weighted by Crippen LogP contribution is -2.54. The molecule has 1 fully saturated rings. The highest BCUT2D eigenvalue weighted by atomic mass is 35.5. The summed E-state index contributed by atoms with van der Waals surface area (Å²) < 4.78 is 13.5. The number of aliphatic imine (C=N–C) groups is 1. The maximum atomic E-state index is 13.2. The molecular weight excluding hydrogens is 800 g/mol. The molecule has 4 aliphatic rings. The SMILES string of the molecule is Cc1sc2c(c1C)C(C1C=CC(Cl)=CC1)=N[C@@H](OC(=O)NCCCCCCCCNC(=O)COc1cccc3c1C(=O)N(C1CCC(=O)NC1=O)C3=O)c1nnc(C)n1-2. The molecular formula is C41H45ClN8O8S. The molecule has 59 heavy (non-hydrogen) atoms. The molecule has 2 aromatic heterocycles. The number of hydrogen-bond donors (Lipinski definition) is 3. The van der Waals surface area contributed by atoms with Crippen LogP contribution in [0.25, 0.3) is 5.00 Å². The summed E-state index contributed by atoms with van der Waals surface area (Å²) in [5, 5.41) is 18.2. The molecule has 0 spiro atoms. The van der Waals surface area contributed by atoms with E-state index < -0.39 is 42.0 Å². The van der Waals surface area contributed by atoms with Gasteiger partial charge in [0.15, 0.2) is 6.61 Å². The van der Waals surface area contributed by atoms with Crippen LogP contribution in [0.4, 0.5) is 4.79 Å². The largest absolute Gasteiger partial charge is 0.483 e. The zero-order valence-corrected chi connectivity index (χ0v) is 34.5. The first kappa shape index (κ1) is 41.5. The lowest BCUT2D eigenvalue weighted by Gasteiger charge is -2.27. The Kier molecular flexibility index (Phi) is 12.7. The third-order valence-corrected chi connectivity index (χ3v) is 12.2. The van der Waals surface area contributed by atoms with Crippen molar-refractivity contribution >= 4 is 64.3 Å². The van der Waals surface area contributed by atoms with Crippen molar-refractivity contribution in [2.75, 3.05) is 19.7 Å². The van der Waals surface area contributed by atoms with Crippen LogP contribution in [0.1, 0.15) is 112 Å². The highest BCUT2D eigenvalue weighted by Gasteiger charge is 2.46. The molecule has 0 radical (unpaired) electrons. The second-order valence-corrected chi connectivity index (χ2v) is 16.4. The molecule has 310 valence electrons. The second kappa shape index (κ2) is 18.1. The molecule has 1 aromatic carbocycles. The topological polar surface area (TPSA) is 203 Å². The van der Waals surface area contributed by atoms with Crippen LogP contribution < -0.4 is 20.7 Å². The van der Waals surface area contributed by atoms with Gasteiger partial charge in [0.2, 0.25) is 17.6 Å². The summed E-state index contributed by atoms with van der Waals surface area (Å²) in [4.78, 5) is 82.8. The van der Waals surface area contributed by atoms with Gasteiger partial charge in [0.05, 0.1) is 16.8 Å². The molecule has 3 aliphatic heterocycles. The van der Waals surface area contributed by atoms with Crippen molar-refractivity contribution in [1.82, 2.24) is 35.6 Å². The van der Waals surface area contributed by atoms with Crippen molar-refractivity contribution in [2.24, 2.45) is 10.9 Å². The van der Waals surface area contributed by atoms with Crippen molar-refractivity contribution in [1.29, 1.82) is 0 Å². The van der Waals surface area contributed by atoms with Gasteiger partial charge in [-0.2, -0.15) is 0 Å². The first-order valence-electron chi connectivity index (χ1n) is 19.8. The van der Waals surface area contributed by atoms with Gasteiger partial charge < -0.3 is 20.1 Å². The number of hydrogen-bond acceptors (Lipinski definition) is 12. The van der Waals surface area contributed by atoms with Crippen LogP contribution in [0.5, 0.6) is 5.75 Å². The van der Waals surface area contributed by atoms with Gasteiger partial charge in [-0.15, -0.1) is 21.5 Å². The summed E-state index contributed by atoms with van der Waals surface area (Å²) >= 11 is 7.88. The number of amides is 6. The van der Waals surface area contributed by atoms with Crippen LogP contribution >= 0.6 is 22.9 Å². The number of nitrogens with one attached hydrogen (secondary N) is 3. The Balaban J connectivity index is 0.807. The Morgan fingerprint density at radius 2 is 1.71 bits per heavy atom. The van der Waals surface area contributed by atoms with Crippen LogP contribution in [0.3, 0.4) is 0 Å². The Morgan fingerprint density at radius 3 is 2.44 bits per heavy atom.